The average molecular weight is 136 g/mol. The van der Waals surface area contributed by atoms with Crippen LogP contribution in [0.5, 0.6) is 0 Å². The molecule has 0 aliphatic rings. The summed E-state index contributed by atoms with van der Waals surface area (Å²) in [7, 11) is -3.25. The van der Waals surface area contributed by atoms with E-state index in [0.717, 1.165) is 6.66 Å². The predicted molar refractivity (Wildman–Crippen MR) is 31.9 cm³/mol. The van der Waals surface area contributed by atoms with Crippen LogP contribution in [-0.2, 0) is 9.09 Å². The summed E-state index contributed by atoms with van der Waals surface area (Å²) < 4.78 is 14.6. The van der Waals surface area contributed by atoms with Gasteiger partial charge in [0.2, 0.25) is 0 Å². The van der Waals surface area contributed by atoms with Crippen LogP contribution in [0.2, 0.25) is 0 Å². The van der Waals surface area contributed by atoms with Crippen molar-refractivity contribution in [1.82, 2.24) is 0 Å². The summed E-state index contributed by atoms with van der Waals surface area (Å²) in [6.07, 6.45) is 1.42. The van der Waals surface area contributed by atoms with Crippen molar-refractivity contribution in [3.8, 4) is 0 Å². The minimum absolute atomic E-state index is 0.129. The van der Waals surface area contributed by atoms with E-state index in [1.54, 1.807) is 0 Å². The lowest BCUT2D eigenvalue weighted by Gasteiger charge is -2.01. The Hall–Kier alpha value is -0.110. The van der Waals surface area contributed by atoms with Gasteiger partial charge >= 0.3 is 7.60 Å². The third-order valence-electron chi connectivity index (χ3n) is 0.432. The Morgan fingerprint density at radius 1 is 2.00 bits per heavy atom. The average Bonchev–Trinajstić information content (AvgIpc) is 1.59. The van der Waals surface area contributed by atoms with Crippen LogP contribution in [-0.4, -0.2) is 18.2 Å². The molecule has 0 aromatic rings. The van der Waals surface area contributed by atoms with Crippen molar-refractivity contribution in [2.45, 2.75) is 0 Å². The second-order valence-electron chi connectivity index (χ2n) is 1.39. The molecule has 0 spiro atoms. The van der Waals surface area contributed by atoms with Gasteiger partial charge in [0.25, 0.3) is 0 Å². The van der Waals surface area contributed by atoms with Gasteiger partial charge in [-0.25, -0.2) is 0 Å². The highest BCUT2D eigenvalue weighted by molar-refractivity contribution is 7.51. The van der Waals surface area contributed by atoms with E-state index < -0.39 is 7.60 Å². The molecule has 0 rings (SSSR count). The quantitative estimate of drug-likeness (QED) is 0.465. The van der Waals surface area contributed by atoms with Crippen molar-refractivity contribution in [2.24, 2.45) is 0 Å². The molecule has 8 heavy (non-hydrogen) atoms. The SMILES string of the molecule is C=CCOP(C)(=O)O. The molecule has 0 aromatic carbocycles. The van der Waals surface area contributed by atoms with Gasteiger partial charge in [-0.05, 0) is 0 Å². The van der Waals surface area contributed by atoms with Crippen LogP contribution in [0.25, 0.3) is 0 Å². The first-order valence-electron chi connectivity index (χ1n) is 2.12. The van der Waals surface area contributed by atoms with Crippen molar-refractivity contribution >= 4 is 7.60 Å². The summed E-state index contributed by atoms with van der Waals surface area (Å²) in [6.45, 7) is 4.57. The number of hydrogen-bond donors (Lipinski definition) is 1. The van der Waals surface area contributed by atoms with E-state index in [0.29, 0.717) is 0 Å². The summed E-state index contributed by atoms with van der Waals surface area (Å²) in [6, 6.07) is 0. The van der Waals surface area contributed by atoms with Gasteiger partial charge in [-0.1, -0.05) is 6.08 Å². The van der Waals surface area contributed by atoms with E-state index in [9.17, 15) is 4.57 Å². The van der Waals surface area contributed by atoms with E-state index >= 15 is 0 Å². The second kappa shape index (κ2) is 3.02. The molecule has 0 bridgehead atoms. The summed E-state index contributed by atoms with van der Waals surface area (Å²) in [5, 5.41) is 0. The minimum atomic E-state index is -3.25. The fourth-order valence-electron chi connectivity index (χ4n) is 0.191. The third-order valence-corrected chi connectivity index (χ3v) is 1.06. The molecule has 0 fully saturated rings. The van der Waals surface area contributed by atoms with Crippen molar-refractivity contribution in [2.75, 3.05) is 13.3 Å². The Morgan fingerprint density at radius 2 is 2.50 bits per heavy atom. The molecule has 1 N–H and O–H groups in total. The fourth-order valence-corrected chi connectivity index (χ4v) is 0.573. The number of hydrogen-bond acceptors (Lipinski definition) is 2. The molecule has 4 heteroatoms. The Bertz CT molecular complexity index is 114. The molecule has 3 nitrogen and oxygen atoms in total. The molecule has 0 radical (unpaired) electrons. The molecular formula is C4H9O3P. The maximum atomic E-state index is 10.3. The summed E-state index contributed by atoms with van der Waals surface area (Å²) in [5.41, 5.74) is 0. The monoisotopic (exact) mass is 136 g/mol. The second-order valence-corrected chi connectivity index (χ2v) is 3.25. The third kappa shape index (κ3) is 5.89. The van der Waals surface area contributed by atoms with Gasteiger partial charge in [0.15, 0.2) is 0 Å². The van der Waals surface area contributed by atoms with E-state index in [1.807, 2.05) is 0 Å². The summed E-state index contributed by atoms with van der Waals surface area (Å²) in [5.74, 6) is 0. The standard InChI is InChI=1S/C4H9O3P/c1-3-4-7-8(2,5)6/h3H,1,4H2,2H3,(H,5,6). The number of rotatable bonds is 3. The molecule has 0 heterocycles. The molecule has 0 amide bonds. The molecule has 0 aliphatic heterocycles. The molecule has 0 saturated carbocycles. The normalized spacial score (nSPS) is 17.2. The zero-order valence-electron chi connectivity index (χ0n) is 4.70. The molecule has 1 atom stereocenters. The zero-order valence-corrected chi connectivity index (χ0v) is 5.60. The first-order chi connectivity index (χ1) is 3.56. The molecule has 0 aliphatic carbocycles. The van der Waals surface area contributed by atoms with Crippen LogP contribution in [0, 0.1) is 0 Å². The summed E-state index contributed by atoms with van der Waals surface area (Å²) >= 11 is 0. The minimum Gasteiger partial charge on any atom is -0.324 e. The lowest BCUT2D eigenvalue weighted by Crippen LogP contribution is -1.85. The van der Waals surface area contributed by atoms with Crippen LogP contribution < -0.4 is 0 Å². The van der Waals surface area contributed by atoms with Gasteiger partial charge in [0.05, 0.1) is 6.61 Å². The fraction of sp³-hybridized carbons (Fsp3) is 0.500. The predicted octanol–water partition coefficient (Wildman–Crippen LogP) is 1.00. The van der Waals surface area contributed by atoms with Gasteiger partial charge in [-0.15, -0.1) is 6.58 Å². The highest BCUT2D eigenvalue weighted by Gasteiger charge is 2.06. The van der Waals surface area contributed by atoms with Gasteiger partial charge in [-0.3, -0.25) is 4.57 Å². The van der Waals surface area contributed by atoms with Crippen LogP contribution in [0.15, 0.2) is 12.7 Å². The van der Waals surface area contributed by atoms with E-state index in [1.165, 1.54) is 6.08 Å². The van der Waals surface area contributed by atoms with Crippen LogP contribution >= 0.6 is 7.60 Å². The molecule has 0 saturated heterocycles. The van der Waals surface area contributed by atoms with Crippen molar-refractivity contribution in [3.63, 3.8) is 0 Å². The zero-order chi connectivity index (χ0) is 6.62. The Morgan fingerprint density at radius 3 is 2.62 bits per heavy atom. The topological polar surface area (TPSA) is 46.5 Å². The maximum Gasteiger partial charge on any atom is 0.325 e. The lowest BCUT2D eigenvalue weighted by molar-refractivity contribution is 0.293. The highest BCUT2D eigenvalue weighted by atomic mass is 31.2. The van der Waals surface area contributed by atoms with E-state index in [2.05, 4.69) is 11.1 Å². The van der Waals surface area contributed by atoms with Crippen LogP contribution in [0.1, 0.15) is 0 Å². The largest absolute Gasteiger partial charge is 0.325 e. The molecular weight excluding hydrogens is 127 g/mol. The van der Waals surface area contributed by atoms with Gasteiger partial charge < -0.3 is 9.42 Å². The Balaban J connectivity index is 3.40. The van der Waals surface area contributed by atoms with Crippen molar-refractivity contribution in [1.29, 1.82) is 0 Å². The molecule has 1 unspecified atom stereocenters. The summed E-state index contributed by atoms with van der Waals surface area (Å²) in [4.78, 5) is 8.43. The van der Waals surface area contributed by atoms with Crippen LogP contribution in [0.3, 0.4) is 0 Å². The highest BCUT2D eigenvalue weighted by Crippen LogP contribution is 2.35. The van der Waals surface area contributed by atoms with Crippen LogP contribution in [0.4, 0.5) is 0 Å². The lowest BCUT2D eigenvalue weighted by atomic mass is 10.7. The molecule has 48 valence electrons. The smallest absolute Gasteiger partial charge is 0.324 e. The van der Waals surface area contributed by atoms with Gasteiger partial charge in [-0.2, -0.15) is 0 Å². The van der Waals surface area contributed by atoms with Gasteiger partial charge in [0.1, 0.15) is 0 Å². The first-order valence-corrected chi connectivity index (χ1v) is 4.14. The van der Waals surface area contributed by atoms with E-state index in [-0.39, 0.29) is 6.61 Å². The van der Waals surface area contributed by atoms with Gasteiger partial charge in [0, 0.05) is 6.66 Å². The van der Waals surface area contributed by atoms with Crippen molar-refractivity contribution in [3.05, 3.63) is 12.7 Å². The Kier molecular flexibility index (Phi) is 2.98. The van der Waals surface area contributed by atoms with Crippen molar-refractivity contribution < 1.29 is 14.0 Å². The molecule has 0 aromatic heterocycles. The first kappa shape index (κ1) is 7.89. The van der Waals surface area contributed by atoms with E-state index in [4.69, 9.17) is 4.89 Å². The Labute approximate surface area is 48.5 Å². The maximum absolute atomic E-state index is 10.3.